The summed E-state index contributed by atoms with van der Waals surface area (Å²) in [5, 5.41) is 18.3. The molecule has 0 spiro atoms. The summed E-state index contributed by atoms with van der Waals surface area (Å²) < 4.78 is 13.4. The van der Waals surface area contributed by atoms with Gasteiger partial charge in [0.05, 0.1) is 17.7 Å². The van der Waals surface area contributed by atoms with Gasteiger partial charge < -0.3 is 15.1 Å². The van der Waals surface area contributed by atoms with Crippen molar-refractivity contribution in [2.75, 3.05) is 4.90 Å². The van der Waals surface area contributed by atoms with Gasteiger partial charge in [-0.3, -0.25) is 4.79 Å². The van der Waals surface area contributed by atoms with Crippen LogP contribution < -0.4 is 4.90 Å². The van der Waals surface area contributed by atoms with Crippen LogP contribution in [0.2, 0.25) is 0 Å². The Morgan fingerprint density at radius 3 is 2.67 bits per heavy atom. The lowest BCUT2D eigenvalue weighted by molar-refractivity contribution is 0.0692. The van der Waals surface area contributed by atoms with Crippen LogP contribution in [0.4, 0.5) is 10.1 Å². The van der Waals surface area contributed by atoms with Crippen LogP contribution in [0.1, 0.15) is 26.3 Å². The predicted molar refractivity (Wildman–Crippen MR) is 72.0 cm³/mol. The first-order valence-corrected chi connectivity index (χ1v) is 6.14. The van der Waals surface area contributed by atoms with Gasteiger partial charge >= 0.3 is 5.97 Å². The molecule has 0 saturated carbocycles. The van der Waals surface area contributed by atoms with Gasteiger partial charge in [0, 0.05) is 11.8 Å². The Hall–Kier alpha value is -2.89. The summed E-state index contributed by atoms with van der Waals surface area (Å²) >= 11 is 0. The number of phenols is 1. The molecule has 2 N–H and O–H groups in total. The molecule has 1 aliphatic heterocycles. The molecule has 2 aromatic carbocycles. The fourth-order valence-electron chi connectivity index (χ4n) is 2.41. The largest absolute Gasteiger partial charge is 0.505 e. The van der Waals surface area contributed by atoms with Crippen LogP contribution >= 0.6 is 0 Å². The number of aromatic carboxylic acids is 1. The van der Waals surface area contributed by atoms with Gasteiger partial charge in [0.1, 0.15) is 0 Å². The molecule has 0 atom stereocenters. The minimum atomic E-state index is -1.18. The molecule has 3 rings (SSSR count). The number of carbonyl (C=O) groups is 2. The molecule has 0 aliphatic carbocycles. The Balaban J connectivity index is 2.06. The highest BCUT2D eigenvalue weighted by Gasteiger charge is 2.32. The molecule has 0 aromatic heterocycles. The molecule has 2 aromatic rings. The first kappa shape index (κ1) is 13.1. The van der Waals surface area contributed by atoms with E-state index in [0.29, 0.717) is 5.56 Å². The number of fused-ring (bicyclic) bond motifs is 1. The van der Waals surface area contributed by atoms with Crippen molar-refractivity contribution in [2.45, 2.75) is 6.54 Å². The number of halogens is 1. The Morgan fingerprint density at radius 1 is 1.24 bits per heavy atom. The molecule has 1 aliphatic rings. The maximum Gasteiger partial charge on any atom is 0.336 e. The highest BCUT2D eigenvalue weighted by Crippen LogP contribution is 2.32. The lowest BCUT2D eigenvalue weighted by atomic mass is 10.0. The van der Waals surface area contributed by atoms with Crippen LogP contribution in [0.15, 0.2) is 36.4 Å². The van der Waals surface area contributed by atoms with Crippen molar-refractivity contribution in [3.8, 4) is 5.75 Å². The van der Waals surface area contributed by atoms with Gasteiger partial charge in [0.25, 0.3) is 5.91 Å². The van der Waals surface area contributed by atoms with Crippen molar-refractivity contribution < 1.29 is 24.2 Å². The summed E-state index contributed by atoms with van der Waals surface area (Å²) in [5.41, 5.74) is 0.897. The van der Waals surface area contributed by atoms with Gasteiger partial charge in [0.15, 0.2) is 11.6 Å². The quantitative estimate of drug-likeness (QED) is 0.889. The van der Waals surface area contributed by atoms with Crippen molar-refractivity contribution >= 4 is 17.6 Å². The minimum Gasteiger partial charge on any atom is -0.505 e. The Bertz CT molecular complexity index is 772. The lowest BCUT2D eigenvalue weighted by Gasteiger charge is -2.16. The molecule has 0 radical (unpaired) electrons. The highest BCUT2D eigenvalue weighted by atomic mass is 19.1. The van der Waals surface area contributed by atoms with E-state index < -0.39 is 23.4 Å². The minimum absolute atomic E-state index is 0.0701. The number of hydrogen-bond acceptors (Lipinski definition) is 3. The summed E-state index contributed by atoms with van der Waals surface area (Å²) in [6.07, 6.45) is 0. The Morgan fingerprint density at radius 2 is 2.00 bits per heavy atom. The summed E-state index contributed by atoms with van der Waals surface area (Å²) in [4.78, 5) is 24.9. The number of carbonyl (C=O) groups excluding carboxylic acids is 1. The average molecular weight is 287 g/mol. The number of carboxylic acids is 1. The van der Waals surface area contributed by atoms with E-state index in [1.165, 1.54) is 17.0 Å². The molecule has 1 heterocycles. The zero-order chi connectivity index (χ0) is 15.1. The first-order valence-electron chi connectivity index (χ1n) is 6.14. The fourth-order valence-corrected chi connectivity index (χ4v) is 2.41. The molecular weight excluding hydrogens is 277 g/mol. The van der Waals surface area contributed by atoms with Crippen molar-refractivity contribution in [3.63, 3.8) is 0 Å². The molecule has 0 fully saturated rings. The molecule has 1 amide bonds. The number of hydrogen-bond donors (Lipinski definition) is 2. The summed E-state index contributed by atoms with van der Waals surface area (Å²) in [7, 11) is 0. The van der Waals surface area contributed by atoms with Crippen LogP contribution in [0, 0.1) is 5.82 Å². The summed E-state index contributed by atoms with van der Waals surface area (Å²) in [6, 6.07) is 8.19. The normalized spacial score (nSPS) is 13.4. The van der Waals surface area contributed by atoms with Crippen molar-refractivity contribution in [1.82, 2.24) is 0 Å². The van der Waals surface area contributed by atoms with E-state index in [1.807, 2.05) is 0 Å². The molecule has 0 unspecified atom stereocenters. The zero-order valence-corrected chi connectivity index (χ0v) is 10.7. The topological polar surface area (TPSA) is 77.8 Å². The molecule has 21 heavy (non-hydrogen) atoms. The second-order valence-electron chi connectivity index (χ2n) is 4.67. The van der Waals surface area contributed by atoms with Crippen LogP contribution in [-0.2, 0) is 6.54 Å². The van der Waals surface area contributed by atoms with Gasteiger partial charge in [-0.15, -0.1) is 0 Å². The fraction of sp³-hybridized carbons (Fsp3) is 0.0667. The summed E-state index contributed by atoms with van der Waals surface area (Å²) in [5.74, 6) is -3.02. The van der Waals surface area contributed by atoms with Gasteiger partial charge in [-0.05, 0) is 23.8 Å². The number of aromatic hydroxyl groups is 1. The molecule has 0 bridgehead atoms. The van der Waals surface area contributed by atoms with Gasteiger partial charge in [-0.25, -0.2) is 9.18 Å². The third-order valence-corrected chi connectivity index (χ3v) is 3.41. The van der Waals surface area contributed by atoms with Crippen LogP contribution in [0.25, 0.3) is 0 Å². The van der Waals surface area contributed by atoms with Gasteiger partial charge in [-0.1, -0.05) is 12.1 Å². The number of carboxylic acid groups (broad SMARTS) is 1. The van der Waals surface area contributed by atoms with Crippen LogP contribution in [-0.4, -0.2) is 22.1 Å². The van der Waals surface area contributed by atoms with E-state index in [1.54, 1.807) is 12.1 Å². The van der Waals surface area contributed by atoms with Crippen molar-refractivity contribution in [1.29, 1.82) is 0 Å². The number of benzene rings is 2. The zero-order valence-electron chi connectivity index (χ0n) is 10.7. The smallest absolute Gasteiger partial charge is 0.336 e. The van der Waals surface area contributed by atoms with Gasteiger partial charge in [-0.2, -0.15) is 0 Å². The second kappa shape index (κ2) is 4.59. The van der Waals surface area contributed by atoms with E-state index in [-0.39, 0.29) is 23.4 Å². The first-order chi connectivity index (χ1) is 9.99. The molecule has 0 saturated heterocycles. The summed E-state index contributed by atoms with van der Waals surface area (Å²) in [6.45, 7) is 0.166. The third-order valence-electron chi connectivity index (χ3n) is 3.41. The van der Waals surface area contributed by atoms with E-state index in [0.717, 1.165) is 12.1 Å². The number of anilines is 1. The molecule has 5 nitrogen and oxygen atoms in total. The van der Waals surface area contributed by atoms with E-state index >= 15 is 0 Å². The molecule has 106 valence electrons. The lowest BCUT2D eigenvalue weighted by Crippen LogP contribution is -2.24. The maximum absolute atomic E-state index is 13.4. The Kier molecular flexibility index (Phi) is 2.86. The third kappa shape index (κ3) is 2.01. The number of rotatable bonds is 2. The van der Waals surface area contributed by atoms with Gasteiger partial charge in [0.2, 0.25) is 0 Å². The van der Waals surface area contributed by atoms with E-state index in [4.69, 9.17) is 5.11 Å². The second-order valence-corrected chi connectivity index (χ2v) is 4.67. The average Bonchev–Trinajstić information content (AvgIpc) is 2.79. The molecule has 6 heteroatoms. The van der Waals surface area contributed by atoms with Crippen LogP contribution in [0.3, 0.4) is 0 Å². The standard InChI is InChI=1S/C15H10FNO4/c16-11-6-9(4-5-12(11)18)17-7-8-2-1-3-10(15(20)21)13(8)14(17)19/h1-6,18H,7H2,(H,20,21). The van der Waals surface area contributed by atoms with Crippen molar-refractivity contribution in [2.24, 2.45) is 0 Å². The highest BCUT2D eigenvalue weighted by molar-refractivity contribution is 6.15. The number of amides is 1. The Labute approximate surface area is 118 Å². The SMILES string of the molecule is O=C(O)c1cccc2c1C(=O)N(c1ccc(O)c(F)c1)C2. The predicted octanol–water partition coefficient (Wildman–Crippen LogP) is 2.39. The maximum atomic E-state index is 13.4. The van der Waals surface area contributed by atoms with Crippen LogP contribution in [0.5, 0.6) is 5.75 Å². The monoisotopic (exact) mass is 287 g/mol. The van der Waals surface area contributed by atoms with Crippen molar-refractivity contribution in [3.05, 3.63) is 58.9 Å². The van der Waals surface area contributed by atoms with E-state index in [2.05, 4.69) is 0 Å². The van der Waals surface area contributed by atoms with E-state index in [9.17, 15) is 19.1 Å². The molecular formula is C15H10FNO4. The number of nitrogens with zero attached hydrogens (tertiary/aromatic N) is 1. The number of phenolic OH excluding ortho intramolecular Hbond substituents is 1.